The highest BCUT2D eigenvalue weighted by Crippen LogP contribution is 2.46. The third kappa shape index (κ3) is 6.11. The first-order valence-corrected chi connectivity index (χ1v) is 11.5. The number of carboxylic acid groups (broad SMARTS) is 1. The lowest BCUT2D eigenvalue weighted by Gasteiger charge is -2.38. The molecule has 0 saturated carbocycles. The second-order valence-corrected chi connectivity index (χ2v) is 8.68. The van der Waals surface area contributed by atoms with E-state index in [1.807, 2.05) is 0 Å². The zero-order valence-electron chi connectivity index (χ0n) is 18.0. The van der Waals surface area contributed by atoms with Crippen LogP contribution >= 0.6 is 0 Å². The summed E-state index contributed by atoms with van der Waals surface area (Å²) in [7, 11) is 0. The minimum atomic E-state index is -0.703. The monoisotopic (exact) mass is 403 g/mol. The summed E-state index contributed by atoms with van der Waals surface area (Å²) in [6.45, 7) is 6.68. The molecule has 0 atom stereocenters. The second-order valence-electron chi connectivity index (χ2n) is 8.68. The number of aliphatic carboxylic acids is 1. The molecular weight excluding hydrogens is 366 g/mol. The number of fused-ring (bicyclic) bond motifs is 2. The summed E-state index contributed by atoms with van der Waals surface area (Å²) in [6.07, 6.45) is 10.8. The van der Waals surface area contributed by atoms with Crippen molar-refractivity contribution in [1.82, 2.24) is 4.90 Å². The van der Waals surface area contributed by atoms with Gasteiger partial charge in [-0.05, 0) is 51.4 Å². The number of rotatable bonds is 12. The van der Waals surface area contributed by atoms with E-state index in [-0.39, 0.29) is 11.8 Å². The third-order valence-electron chi connectivity index (χ3n) is 6.47. The molecule has 1 aromatic carbocycles. The maximum atomic E-state index is 10.7. The van der Waals surface area contributed by atoms with E-state index >= 15 is 0 Å². The van der Waals surface area contributed by atoms with E-state index < -0.39 is 5.97 Å². The first-order valence-electron chi connectivity index (χ1n) is 11.5. The number of benzene rings is 1. The highest BCUT2D eigenvalue weighted by atomic mass is 16.5. The molecule has 1 N–H and O–H groups in total. The Hall–Kier alpha value is -1.75. The van der Waals surface area contributed by atoms with Crippen LogP contribution in [0.1, 0.15) is 76.7 Å². The molecule has 5 nitrogen and oxygen atoms in total. The van der Waals surface area contributed by atoms with Crippen molar-refractivity contribution in [2.24, 2.45) is 0 Å². The van der Waals surface area contributed by atoms with Crippen LogP contribution in [0.4, 0.5) is 0 Å². The Morgan fingerprint density at radius 1 is 1.14 bits per heavy atom. The number of hydrogen-bond donors (Lipinski definition) is 1. The van der Waals surface area contributed by atoms with Crippen LogP contribution in [-0.4, -0.2) is 48.8 Å². The highest BCUT2D eigenvalue weighted by Gasteiger charge is 2.43. The van der Waals surface area contributed by atoms with Gasteiger partial charge in [-0.1, -0.05) is 45.1 Å². The molecule has 2 aliphatic rings. The molecule has 2 heterocycles. The Morgan fingerprint density at radius 3 is 2.66 bits per heavy atom. The van der Waals surface area contributed by atoms with E-state index in [1.54, 1.807) is 0 Å². The van der Waals surface area contributed by atoms with E-state index in [0.717, 1.165) is 70.0 Å². The number of hydrogen-bond acceptors (Lipinski definition) is 4. The van der Waals surface area contributed by atoms with E-state index in [1.165, 1.54) is 37.7 Å². The molecule has 1 spiro atoms. The van der Waals surface area contributed by atoms with Crippen molar-refractivity contribution >= 4 is 5.97 Å². The fraction of sp³-hybridized carbons (Fsp3) is 0.708. The molecule has 0 aromatic heterocycles. The predicted octanol–water partition coefficient (Wildman–Crippen LogP) is 5.02. The zero-order valence-corrected chi connectivity index (χ0v) is 18.0. The number of likely N-dealkylation sites (tertiary alicyclic amines) is 1. The number of unbranched alkanes of at least 4 members (excludes halogenated alkanes) is 5. The van der Waals surface area contributed by atoms with E-state index in [9.17, 15) is 4.79 Å². The summed E-state index contributed by atoms with van der Waals surface area (Å²) in [5.74, 6) is 1.20. The van der Waals surface area contributed by atoms with Crippen molar-refractivity contribution in [3.05, 3.63) is 23.8 Å². The van der Waals surface area contributed by atoms with Crippen molar-refractivity contribution < 1.29 is 19.4 Å². The normalized spacial score (nSPS) is 17.8. The van der Waals surface area contributed by atoms with Crippen LogP contribution in [0.3, 0.4) is 0 Å². The van der Waals surface area contributed by atoms with E-state index in [0.29, 0.717) is 0 Å². The Morgan fingerprint density at radius 2 is 1.90 bits per heavy atom. The van der Waals surface area contributed by atoms with Crippen LogP contribution in [0.15, 0.2) is 18.2 Å². The summed E-state index contributed by atoms with van der Waals surface area (Å²) in [6, 6.07) is 6.38. The molecular formula is C24H37NO4. The molecule has 5 heteroatoms. The molecule has 0 bridgehead atoms. The average Bonchev–Trinajstić information content (AvgIpc) is 3.06. The van der Waals surface area contributed by atoms with Gasteiger partial charge >= 0.3 is 5.97 Å². The van der Waals surface area contributed by atoms with Gasteiger partial charge in [0.2, 0.25) is 0 Å². The van der Waals surface area contributed by atoms with Crippen molar-refractivity contribution in [2.75, 3.05) is 32.8 Å². The Balaban J connectivity index is 1.44. The largest absolute Gasteiger partial charge is 0.493 e. The standard InChI is InChI=1S/C24H37NO4/c1-2-3-4-5-6-7-17-28-20-10-11-21-22(18-20)29-19-24(21)12-15-25(16-13-24)14-8-9-23(26)27/h10-11,18H,2-9,12-17,19H2,1H3,(H,26,27). The van der Waals surface area contributed by atoms with Crippen molar-refractivity contribution in [3.8, 4) is 11.5 Å². The lowest BCUT2D eigenvalue weighted by Crippen LogP contribution is -2.43. The maximum Gasteiger partial charge on any atom is 0.303 e. The minimum absolute atomic E-state index is 0.121. The molecule has 162 valence electrons. The van der Waals surface area contributed by atoms with Gasteiger partial charge in [0.1, 0.15) is 11.5 Å². The Labute approximate surface area is 175 Å². The van der Waals surface area contributed by atoms with Crippen LogP contribution in [0.5, 0.6) is 11.5 Å². The summed E-state index contributed by atoms with van der Waals surface area (Å²) in [5.41, 5.74) is 1.45. The topological polar surface area (TPSA) is 59.0 Å². The van der Waals surface area contributed by atoms with Gasteiger partial charge in [0.25, 0.3) is 0 Å². The SMILES string of the molecule is CCCCCCCCOc1ccc2c(c1)OCC21CCN(CCCC(=O)O)CC1. The van der Waals surface area contributed by atoms with Crippen LogP contribution in [0, 0.1) is 0 Å². The molecule has 1 fully saturated rings. The van der Waals surface area contributed by atoms with Gasteiger partial charge in [0.05, 0.1) is 13.2 Å². The molecule has 1 aromatic rings. The van der Waals surface area contributed by atoms with Gasteiger partial charge in [-0.25, -0.2) is 0 Å². The second kappa shape index (κ2) is 10.9. The van der Waals surface area contributed by atoms with Crippen LogP contribution in [0.2, 0.25) is 0 Å². The van der Waals surface area contributed by atoms with Crippen molar-refractivity contribution in [2.45, 2.75) is 76.5 Å². The van der Waals surface area contributed by atoms with Crippen LogP contribution in [0.25, 0.3) is 0 Å². The fourth-order valence-electron chi connectivity index (χ4n) is 4.59. The fourth-order valence-corrected chi connectivity index (χ4v) is 4.59. The van der Waals surface area contributed by atoms with Gasteiger partial charge in [-0.2, -0.15) is 0 Å². The molecule has 0 aliphatic carbocycles. The van der Waals surface area contributed by atoms with Gasteiger partial charge in [0.15, 0.2) is 0 Å². The van der Waals surface area contributed by atoms with Gasteiger partial charge in [0, 0.05) is 23.5 Å². The van der Waals surface area contributed by atoms with Crippen molar-refractivity contribution in [3.63, 3.8) is 0 Å². The molecule has 0 radical (unpaired) electrons. The highest BCUT2D eigenvalue weighted by molar-refractivity contribution is 5.66. The van der Waals surface area contributed by atoms with E-state index in [2.05, 4.69) is 30.0 Å². The summed E-state index contributed by atoms with van der Waals surface area (Å²) in [4.78, 5) is 13.1. The molecule has 2 aliphatic heterocycles. The number of carboxylic acids is 1. The zero-order chi connectivity index (χ0) is 20.5. The third-order valence-corrected chi connectivity index (χ3v) is 6.47. The molecule has 1 saturated heterocycles. The smallest absolute Gasteiger partial charge is 0.303 e. The summed E-state index contributed by atoms with van der Waals surface area (Å²) >= 11 is 0. The molecule has 29 heavy (non-hydrogen) atoms. The Kier molecular flexibility index (Phi) is 8.22. The lowest BCUT2D eigenvalue weighted by atomic mass is 9.74. The van der Waals surface area contributed by atoms with Gasteiger partial charge < -0.3 is 19.5 Å². The van der Waals surface area contributed by atoms with Gasteiger partial charge in [-0.3, -0.25) is 4.79 Å². The quantitative estimate of drug-likeness (QED) is 0.497. The first kappa shape index (κ1) is 21.9. The van der Waals surface area contributed by atoms with Gasteiger partial charge in [-0.15, -0.1) is 0 Å². The number of carbonyl (C=O) groups is 1. The first-order chi connectivity index (χ1) is 14.1. The maximum absolute atomic E-state index is 10.7. The van der Waals surface area contributed by atoms with Crippen LogP contribution in [-0.2, 0) is 10.2 Å². The number of piperidine rings is 1. The van der Waals surface area contributed by atoms with Crippen molar-refractivity contribution in [1.29, 1.82) is 0 Å². The Bertz CT molecular complexity index is 652. The lowest BCUT2D eigenvalue weighted by molar-refractivity contribution is -0.137. The van der Waals surface area contributed by atoms with Crippen LogP contribution < -0.4 is 9.47 Å². The average molecular weight is 404 g/mol. The number of ether oxygens (including phenoxy) is 2. The minimum Gasteiger partial charge on any atom is -0.493 e. The predicted molar refractivity (Wildman–Crippen MR) is 115 cm³/mol. The van der Waals surface area contributed by atoms with E-state index in [4.69, 9.17) is 14.6 Å². The molecule has 0 amide bonds. The number of nitrogens with zero attached hydrogens (tertiary/aromatic N) is 1. The summed E-state index contributed by atoms with van der Waals surface area (Å²) < 4.78 is 12.0. The summed E-state index contributed by atoms with van der Waals surface area (Å²) in [5, 5.41) is 8.81. The molecule has 3 rings (SSSR count). The molecule has 0 unspecified atom stereocenters.